The van der Waals surface area contributed by atoms with Crippen molar-refractivity contribution in [2.24, 2.45) is 7.05 Å². The summed E-state index contributed by atoms with van der Waals surface area (Å²) in [5, 5.41) is 4.77. The highest BCUT2D eigenvalue weighted by molar-refractivity contribution is 6.34. The predicted octanol–water partition coefficient (Wildman–Crippen LogP) is 3.25. The number of carbonyl (C=O) groups is 1. The Balaban J connectivity index is 2.51. The van der Waals surface area contributed by atoms with E-state index in [9.17, 15) is 4.79 Å². The molecule has 0 N–H and O–H groups in total. The average Bonchev–Trinajstić information content (AvgIpc) is 2.57. The van der Waals surface area contributed by atoms with Crippen LogP contribution in [0.25, 0.3) is 11.1 Å². The Labute approximate surface area is 105 Å². The molecule has 1 aromatic carbocycles. The zero-order valence-electron chi connectivity index (χ0n) is 9.99. The van der Waals surface area contributed by atoms with Crippen molar-refractivity contribution in [3.8, 4) is 11.1 Å². The van der Waals surface area contributed by atoms with Crippen molar-refractivity contribution < 1.29 is 4.79 Å². The SMILES string of the molecule is CC(=O)c1ccc(-c2cn(C)nc2C)cc1Cl. The lowest BCUT2D eigenvalue weighted by Gasteiger charge is -2.03. The Hall–Kier alpha value is -1.61. The number of hydrogen-bond acceptors (Lipinski definition) is 2. The van der Waals surface area contributed by atoms with Crippen molar-refractivity contribution in [2.75, 3.05) is 0 Å². The first-order valence-electron chi connectivity index (χ1n) is 5.30. The number of Topliss-reactive ketones (excluding diaryl/α,β-unsaturated/α-hetero) is 1. The van der Waals surface area contributed by atoms with Gasteiger partial charge in [-0.25, -0.2) is 0 Å². The molecule has 17 heavy (non-hydrogen) atoms. The Morgan fingerprint density at radius 2 is 2.12 bits per heavy atom. The van der Waals surface area contributed by atoms with E-state index in [1.807, 2.05) is 32.3 Å². The Morgan fingerprint density at radius 3 is 2.59 bits per heavy atom. The summed E-state index contributed by atoms with van der Waals surface area (Å²) in [4.78, 5) is 11.3. The summed E-state index contributed by atoms with van der Waals surface area (Å²) in [5.41, 5.74) is 3.51. The van der Waals surface area contributed by atoms with Gasteiger partial charge in [0.25, 0.3) is 0 Å². The summed E-state index contributed by atoms with van der Waals surface area (Å²) in [5.74, 6) is -0.0236. The second-order valence-electron chi connectivity index (χ2n) is 4.05. The third kappa shape index (κ3) is 2.24. The fraction of sp³-hybridized carbons (Fsp3) is 0.231. The van der Waals surface area contributed by atoms with Crippen molar-refractivity contribution in [2.45, 2.75) is 13.8 Å². The summed E-state index contributed by atoms with van der Waals surface area (Å²) < 4.78 is 1.76. The minimum atomic E-state index is -0.0236. The molecular formula is C13H13ClN2O. The molecule has 0 radical (unpaired) electrons. The van der Waals surface area contributed by atoms with Crippen LogP contribution in [0, 0.1) is 6.92 Å². The maximum atomic E-state index is 11.3. The fourth-order valence-electron chi connectivity index (χ4n) is 1.85. The topological polar surface area (TPSA) is 34.9 Å². The van der Waals surface area contributed by atoms with E-state index in [0.717, 1.165) is 16.8 Å². The van der Waals surface area contributed by atoms with Gasteiger partial charge >= 0.3 is 0 Å². The largest absolute Gasteiger partial charge is 0.294 e. The quantitative estimate of drug-likeness (QED) is 0.765. The first-order valence-corrected chi connectivity index (χ1v) is 5.68. The molecule has 2 rings (SSSR count). The van der Waals surface area contributed by atoms with Gasteiger partial charge < -0.3 is 0 Å². The summed E-state index contributed by atoms with van der Waals surface area (Å²) in [7, 11) is 1.88. The van der Waals surface area contributed by atoms with Crippen LogP contribution in [-0.4, -0.2) is 15.6 Å². The number of hydrogen-bond donors (Lipinski definition) is 0. The summed E-state index contributed by atoms with van der Waals surface area (Å²) in [6.07, 6.45) is 1.94. The summed E-state index contributed by atoms with van der Waals surface area (Å²) in [6.45, 7) is 3.46. The highest BCUT2D eigenvalue weighted by Crippen LogP contribution is 2.27. The van der Waals surface area contributed by atoms with Crippen molar-refractivity contribution in [3.63, 3.8) is 0 Å². The first-order chi connectivity index (χ1) is 7.99. The minimum absolute atomic E-state index is 0.0236. The van der Waals surface area contributed by atoms with Crippen LogP contribution in [0.1, 0.15) is 23.0 Å². The lowest BCUT2D eigenvalue weighted by atomic mass is 10.0. The molecule has 0 aliphatic rings. The van der Waals surface area contributed by atoms with Gasteiger partial charge in [-0.2, -0.15) is 5.10 Å². The Kier molecular flexibility index (Phi) is 3.03. The number of aromatic nitrogens is 2. The number of nitrogens with zero attached hydrogens (tertiary/aromatic N) is 2. The van der Waals surface area contributed by atoms with Gasteiger partial charge in [-0.1, -0.05) is 17.7 Å². The molecule has 3 nitrogen and oxygen atoms in total. The predicted molar refractivity (Wildman–Crippen MR) is 68.4 cm³/mol. The van der Waals surface area contributed by atoms with Gasteiger partial charge in [0.15, 0.2) is 5.78 Å². The van der Waals surface area contributed by atoms with Crippen LogP contribution in [0.4, 0.5) is 0 Å². The molecule has 88 valence electrons. The van der Waals surface area contributed by atoms with Gasteiger partial charge in [0, 0.05) is 24.4 Å². The van der Waals surface area contributed by atoms with Gasteiger partial charge in [-0.3, -0.25) is 9.48 Å². The van der Waals surface area contributed by atoms with Crippen molar-refractivity contribution in [3.05, 3.63) is 40.7 Å². The molecule has 4 heteroatoms. The Morgan fingerprint density at radius 1 is 1.41 bits per heavy atom. The van der Waals surface area contributed by atoms with E-state index in [0.29, 0.717) is 10.6 Å². The summed E-state index contributed by atoms with van der Waals surface area (Å²) in [6, 6.07) is 5.46. The number of carbonyl (C=O) groups excluding carboxylic acids is 1. The number of ketones is 1. The van der Waals surface area contributed by atoms with Crippen LogP contribution < -0.4 is 0 Å². The number of rotatable bonds is 2. The van der Waals surface area contributed by atoms with Gasteiger partial charge in [-0.15, -0.1) is 0 Å². The van der Waals surface area contributed by atoms with Gasteiger partial charge in [0.05, 0.1) is 10.7 Å². The van der Waals surface area contributed by atoms with Gasteiger partial charge in [0.2, 0.25) is 0 Å². The van der Waals surface area contributed by atoms with E-state index in [4.69, 9.17) is 11.6 Å². The second-order valence-corrected chi connectivity index (χ2v) is 4.46. The van der Waals surface area contributed by atoms with Crippen LogP contribution in [-0.2, 0) is 7.05 Å². The van der Waals surface area contributed by atoms with Gasteiger partial charge in [-0.05, 0) is 31.5 Å². The van der Waals surface area contributed by atoms with Crippen molar-refractivity contribution in [1.29, 1.82) is 0 Å². The van der Waals surface area contributed by atoms with Crippen LogP contribution in [0.2, 0.25) is 5.02 Å². The average molecular weight is 249 g/mol. The molecule has 0 amide bonds. The highest BCUT2D eigenvalue weighted by atomic mass is 35.5. The second kappa shape index (κ2) is 4.34. The van der Waals surface area contributed by atoms with Crippen LogP contribution >= 0.6 is 11.6 Å². The fourth-order valence-corrected chi connectivity index (χ4v) is 2.16. The monoisotopic (exact) mass is 248 g/mol. The Bertz CT molecular complexity index is 587. The van der Waals surface area contributed by atoms with E-state index in [2.05, 4.69) is 5.10 Å². The first kappa shape index (κ1) is 11.9. The maximum absolute atomic E-state index is 11.3. The lowest BCUT2D eigenvalue weighted by Crippen LogP contribution is -1.93. The molecular weight excluding hydrogens is 236 g/mol. The molecule has 1 aromatic heterocycles. The third-order valence-corrected chi connectivity index (χ3v) is 2.99. The minimum Gasteiger partial charge on any atom is -0.294 e. The number of aryl methyl sites for hydroxylation is 2. The van der Waals surface area contributed by atoms with Crippen molar-refractivity contribution in [1.82, 2.24) is 9.78 Å². The van der Waals surface area contributed by atoms with E-state index in [1.165, 1.54) is 6.92 Å². The normalized spacial score (nSPS) is 10.6. The number of halogens is 1. The molecule has 0 atom stereocenters. The number of benzene rings is 1. The van der Waals surface area contributed by atoms with Crippen LogP contribution in [0.3, 0.4) is 0 Å². The smallest absolute Gasteiger partial charge is 0.161 e. The van der Waals surface area contributed by atoms with E-state index in [-0.39, 0.29) is 5.78 Å². The molecule has 0 spiro atoms. The van der Waals surface area contributed by atoms with Crippen molar-refractivity contribution >= 4 is 17.4 Å². The highest BCUT2D eigenvalue weighted by Gasteiger charge is 2.10. The lowest BCUT2D eigenvalue weighted by molar-refractivity contribution is 0.101. The molecule has 0 saturated carbocycles. The molecule has 0 saturated heterocycles. The zero-order chi connectivity index (χ0) is 12.6. The molecule has 0 bridgehead atoms. The van der Waals surface area contributed by atoms with Gasteiger partial charge in [0.1, 0.15) is 0 Å². The maximum Gasteiger partial charge on any atom is 0.161 e. The van der Waals surface area contributed by atoms with E-state index >= 15 is 0 Å². The molecule has 0 aliphatic heterocycles. The zero-order valence-corrected chi connectivity index (χ0v) is 10.7. The van der Waals surface area contributed by atoms with Crippen LogP contribution in [0.15, 0.2) is 24.4 Å². The molecule has 0 unspecified atom stereocenters. The summed E-state index contributed by atoms with van der Waals surface area (Å²) >= 11 is 6.09. The molecule has 2 aromatic rings. The molecule has 1 heterocycles. The molecule has 0 fully saturated rings. The standard InChI is InChI=1S/C13H13ClN2O/c1-8-12(7-16(3)15-8)10-4-5-11(9(2)17)13(14)6-10/h4-7H,1-3H3. The molecule has 0 aliphatic carbocycles. The van der Waals surface area contributed by atoms with E-state index in [1.54, 1.807) is 10.7 Å². The third-order valence-electron chi connectivity index (χ3n) is 2.67. The van der Waals surface area contributed by atoms with E-state index < -0.39 is 0 Å². The van der Waals surface area contributed by atoms with Crippen LogP contribution in [0.5, 0.6) is 0 Å².